The van der Waals surface area contributed by atoms with Gasteiger partial charge in [-0.3, -0.25) is 4.79 Å². The summed E-state index contributed by atoms with van der Waals surface area (Å²) in [5, 5.41) is 2.64. The van der Waals surface area contributed by atoms with Gasteiger partial charge < -0.3 is 16.8 Å². The fraction of sp³-hybridized carbons (Fsp3) is 0.833. The molecule has 0 rings (SSSR count). The zero-order chi connectivity index (χ0) is 8.15. The van der Waals surface area contributed by atoms with Crippen LogP contribution in [0.3, 0.4) is 0 Å². The largest absolute Gasteiger partial charge is 0.351 e. The van der Waals surface area contributed by atoms with Crippen LogP contribution in [0, 0.1) is 0 Å². The van der Waals surface area contributed by atoms with Gasteiger partial charge >= 0.3 is 0 Å². The van der Waals surface area contributed by atoms with Crippen molar-refractivity contribution in [3.05, 3.63) is 0 Å². The van der Waals surface area contributed by atoms with Gasteiger partial charge in [-0.1, -0.05) is 0 Å². The summed E-state index contributed by atoms with van der Waals surface area (Å²) in [6, 6.07) is -0.438. The van der Waals surface area contributed by atoms with E-state index in [-0.39, 0.29) is 24.4 Å². The van der Waals surface area contributed by atoms with Gasteiger partial charge in [0.15, 0.2) is 0 Å². The lowest BCUT2D eigenvalue weighted by molar-refractivity contribution is -0.122. The second kappa shape index (κ2) is 6.39. The second-order valence-electron chi connectivity index (χ2n) is 2.43. The van der Waals surface area contributed by atoms with Gasteiger partial charge in [-0.25, -0.2) is 0 Å². The first-order valence-electron chi connectivity index (χ1n) is 3.34. The van der Waals surface area contributed by atoms with Crippen molar-refractivity contribution in [1.29, 1.82) is 0 Å². The SMILES string of the molecule is C[C@H](CN)NC(=O)[C@@H](C)N.Cl. The molecule has 0 aromatic rings. The van der Waals surface area contributed by atoms with Crippen molar-refractivity contribution in [2.75, 3.05) is 6.54 Å². The van der Waals surface area contributed by atoms with Gasteiger partial charge in [-0.05, 0) is 13.8 Å². The lowest BCUT2D eigenvalue weighted by Gasteiger charge is -2.12. The Morgan fingerprint density at radius 3 is 2.27 bits per heavy atom. The minimum atomic E-state index is -0.450. The van der Waals surface area contributed by atoms with Gasteiger partial charge in [0, 0.05) is 12.6 Å². The molecule has 0 saturated heterocycles. The number of carbonyl (C=O) groups excluding carboxylic acids is 1. The van der Waals surface area contributed by atoms with Crippen molar-refractivity contribution < 1.29 is 4.79 Å². The summed E-state index contributed by atoms with van der Waals surface area (Å²) >= 11 is 0. The zero-order valence-corrected chi connectivity index (χ0v) is 7.65. The molecule has 0 fully saturated rings. The van der Waals surface area contributed by atoms with Gasteiger partial charge in [0.05, 0.1) is 6.04 Å². The van der Waals surface area contributed by atoms with E-state index in [1.165, 1.54) is 0 Å². The van der Waals surface area contributed by atoms with E-state index in [1.807, 2.05) is 6.92 Å². The normalized spacial score (nSPS) is 14.5. The smallest absolute Gasteiger partial charge is 0.236 e. The molecule has 0 saturated carbocycles. The molecule has 11 heavy (non-hydrogen) atoms. The Bertz CT molecular complexity index is 118. The van der Waals surface area contributed by atoms with E-state index < -0.39 is 6.04 Å². The number of nitrogens with two attached hydrogens (primary N) is 2. The highest BCUT2D eigenvalue weighted by Gasteiger charge is 2.08. The third-order valence-corrected chi connectivity index (χ3v) is 1.16. The van der Waals surface area contributed by atoms with Crippen LogP contribution in [0.2, 0.25) is 0 Å². The van der Waals surface area contributed by atoms with E-state index in [0.717, 1.165) is 0 Å². The highest BCUT2D eigenvalue weighted by atomic mass is 35.5. The third-order valence-electron chi connectivity index (χ3n) is 1.16. The molecule has 0 heterocycles. The number of nitrogens with one attached hydrogen (secondary N) is 1. The molecule has 68 valence electrons. The Balaban J connectivity index is 0. The molecule has 0 aliphatic rings. The maximum atomic E-state index is 10.8. The van der Waals surface area contributed by atoms with Crippen molar-refractivity contribution in [3.8, 4) is 0 Å². The Kier molecular flexibility index (Phi) is 7.72. The summed E-state index contributed by atoms with van der Waals surface area (Å²) in [5.74, 6) is -0.155. The van der Waals surface area contributed by atoms with Crippen LogP contribution in [0.25, 0.3) is 0 Å². The maximum Gasteiger partial charge on any atom is 0.236 e. The predicted molar refractivity (Wildman–Crippen MR) is 47.6 cm³/mol. The molecule has 0 bridgehead atoms. The lowest BCUT2D eigenvalue weighted by atomic mass is 10.3. The Hall–Kier alpha value is -0.320. The first kappa shape index (κ1) is 13.3. The van der Waals surface area contributed by atoms with E-state index in [0.29, 0.717) is 6.54 Å². The minimum Gasteiger partial charge on any atom is -0.351 e. The lowest BCUT2D eigenvalue weighted by Crippen LogP contribution is -2.45. The highest BCUT2D eigenvalue weighted by Crippen LogP contribution is 1.79. The van der Waals surface area contributed by atoms with Crippen LogP contribution >= 0.6 is 12.4 Å². The monoisotopic (exact) mass is 181 g/mol. The highest BCUT2D eigenvalue weighted by molar-refractivity contribution is 5.85. The average Bonchev–Trinajstić information content (AvgIpc) is 1.87. The van der Waals surface area contributed by atoms with Crippen LogP contribution < -0.4 is 16.8 Å². The molecular formula is C6H16ClN3O. The van der Waals surface area contributed by atoms with Crippen LogP contribution in [0.5, 0.6) is 0 Å². The van der Waals surface area contributed by atoms with Crippen molar-refractivity contribution in [1.82, 2.24) is 5.32 Å². The van der Waals surface area contributed by atoms with Crippen LogP contribution in [0.1, 0.15) is 13.8 Å². The molecule has 0 aliphatic heterocycles. The molecule has 2 atom stereocenters. The topological polar surface area (TPSA) is 81.1 Å². The quantitative estimate of drug-likeness (QED) is 0.534. The summed E-state index contributed by atoms with van der Waals surface area (Å²) in [6.45, 7) is 3.91. The van der Waals surface area contributed by atoms with Crippen LogP contribution in [-0.4, -0.2) is 24.5 Å². The molecule has 1 amide bonds. The van der Waals surface area contributed by atoms with E-state index >= 15 is 0 Å². The summed E-state index contributed by atoms with van der Waals surface area (Å²) in [6.07, 6.45) is 0. The molecule has 5 heteroatoms. The van der Waals surface area contributed by atoms with Gasteiger partial charge in [-0.2, -0.15) is 0 Å². The number of carbonyl (C=O) groups is 1. The Morgan fingerprint density at radius 1 is 1.55 bits per heavy atom. The number of hydrogen-bond acceptors (Lipinski definition) is 3. The van der Waals surface area contributed by atoms with E-state index in [4.69, 9.17) is 11.5 Å². The minimum absolute atomic E-state index is 0. The summed E-state index contributed by atoms with van der Waals surface area (Å²) in [7, 11) is 0. The Morgan fingerprint density at radius 2 is 2.00 bits per heavy atom. The number of halogens is 1. The second-order valence-corrected chi connectivity index (χ2v) is 2.43. The summed E-state index contributed by atoms with van der Waals surface area (Å²) in [5.41, 5.74) is 10.6. The van der Waals surface area contributed by atoms with Gasteiger partial charge in [0.1, 0.15) is 0 Å². The van der Waals surface area contributed by atoms with Crippen molar-refractivity contribution in [2.24, 2.45) is 11.5 Å². The predicted octanol–water partition coefficient (Wildman–Crippen LogP) is -0.781. The average molecular weight is 182 g/mol. The van der Waals surface area contributed by atoms with Gasteiger partial charge in [0.2, 0.25) is 5.91 Å². The third kappa shape index (κ3) is 6.09. The first-order chi connectivity index (χ1) is 4.57. The summed E-state index contributed by atoms with van der Waals surface area (Å²) < 4.78 is 0. The fourth-order valence-electron chi connectivity index (χ4n) is 0.433. The molecule has 0 aromatic heterocycles. The first-order valence-corrected chi connectivity index (χ1v) is 3.34. The standard InChI is InChI=1S/C6H15N3O.ClH/c1-4(3-7)9-6(10)5(2)8;/h4-5H,3,7-8H2,1-2H3,(H,9,10);1H/t4-,5-;/m1./s1. The zero-order valence-electron chi connectivity index (χ0n) is 6.83. The Labute approximate surface area is 73.1 Å². The molecular weight excluding hydrogens is 166 g/mol. The molecule has 0 aromatic carbocycles. The molecule has 0 radical (unpaired) electrons. The van der Waals surface area contributed by atoms with Crippen LogP contribution in [0.4, 0.5) is 0 Å². The summed E-state index contributed by atoms with van der Waals surface area (Å²) in [4.78, 5) is 10.8. The molecule has 5 N–H and O–H groups in total. The van der Waals surface area contributed by atoms with Crippen molar-refractivity contribution >= 4 is 18.3 Å². The molecule has 4 nitrogen and oxygen atoms in total. The molecule has 0 aliphatic carbocycles. The number of hydrogen-bond donors (Lipinski definition) is 3. The number of rotatable bonds is 3. The van der Waals surface area contributed by atoms with Gasteiger partial charge in [0.25, 0.3) is 0 Å². The number of amides is 1. The van der Waals surface area contributed by atoms with Crippen molar-refractivity contribution in [3.63, 3.8) is 0 Å². The van der Waals surface area contributed by atoms with Crippen molar-refractivity contribution in [2.45, 2.75) is 25.9 Å². The molecule has 0 unspecified atom stereocenters. The van der Waals surface area contributed by atoms with E-state index in [1.54, 1.807) is 6.92 Å². The van der Waals surface area contributed by atoms with Gasteiger partial charge in [-0.15, -0.1) is 12.4 Å². The van der Waals surface area contributed by atoms with E-state index in [9.17, 15) is 4.79 Å². The molecule has 0 spiro atoms. The van der Waals surface area contributed by atoms with Crippen LogP contribution in [0.15, 0.2) is 0 Å². The van der Waals surface area contributed by atoms with E-state index in [2.05, 4.69) is 5.32 Å². The maximum absolute atomic E-state index is 10.8. The van der Waals surface area contributed by atoms with Crippen LogP contribution in [-0.2, 0) is 4.79 Å². The fourth-order valence-corrected chi connectivity index (χ4v) is 0.433.